The summed E-state index contributed by atoms with van der Waals surface area (Å²) in [5, 5.41) is 8.73. The van der Waals surface area contributed by atoms with E-state index in [1.165, 1.54) is 0 Å². The van der Waals surface area contributed by atoms with Gasteiger partial charge in [-0.05, 0) is 37.5 Å². The van der Waals surface area contributed by atoms with Crippen LogP contribution in [0.3, 0.4) is 0 Å². The fourth-order valence-corrected chi connectivity index (χ4v) is 5.04. The lowest BCUT2D eigenvalue weighted by molar-refractivity contribution is 0.308. The van der Waals surface area contributed by atoms with Crippen molar-refractivity contribution in [1.29, 1.82) is 5.26 Å². The minimum absolute atomic E-state index is 0.240. The van der Waals surface area contributed by atoms with Crippen LogP contribution in [0.1, 0.15) is 52.9 Å². The Morgan fingerprint density at radius 2 is 2.00 bits per heavy atom. The molecule has 18 heavy (non-hydrogen) atoms. The van der Waals surface area contributed by atoms with E-state index in [1.807, 2.05) is 13.8 Å². The molecule has 3 nitrogen and oxygen atoms in total. The topological polar surface area (TPSA) is 57.9 Å². The Morgan fingerprint density at radius 3 is 2.50 bits per heavy atom. The van der Waals surface area contributed by atoms with Crippen molar-refractivity contribution in [2.24, 2.45) is 17.8 Å². The minimum Gasteiger partial charge on any atom is -0.229 e. The maximum absolute atomic E-state index is 12.4. The Bertz CT molecular complexity index is 395. The molecule has 0 radical (unpaired) electrons. The summed E-state index contributed by atoms with van der Waals surface area (Å²) in [6.45, 7) is 6.18. The van der Waals surface area contributed by atoms with E-state index in [-0.39, 0.29) is 11.7 Å². The average molecular weight is 271 g/mol. The van der Waals surface area contributed by atoms with Gasteiger partial charge in [0.15, 0.2) is 9.84 Å². The zero-order chi connectivity index (χ0) is 13.8. The lowest BCUT2D eigenvalue weighted by Gasteiger charge is -2.32. The summed E-state index contributed by atoms with van der Waals surface area (Å²) in [5.41, 5.74) is 0. The van der Waals surface area contributed by atoms with Gasteiger partial charge >= 0.3 is 0 Å². The fourth-order valence-electron chi connectivity index (χ4n) is 2.68. The molecule has 0 aromatic heterocycles. The molecule has 1 rings (SSSR count). The van der Waals surface area contributed by atoms with Crippen LogP contribution in [0.2, 0.25) is 0 Å². The number of nitrogens with zero attached hydrogens (tertiary/aromatic N) is 1. The highest BCUT2D eigenvalue weighted by Crippen LogP contribution is 2.35. The van der Waals surface area contributed by atoms with Crippen molar-refractivity contribution in [1.82, 2.24) is 0 Å². The van der Waals surface area contributed by atoms with E-state index in [0.29, 0.717) is 24.7 Å². The molecule has 1 fully saturated rings. The summed E-state index contributed by atoms with van der Waals surface area (Å²) in [4.78, 5) is 0. The van der Waals surface area contributed by atoms with E-state index in [1.54, 1.807) is 0 Å². The van der Waals surface area contributed by atoms with Gasteiger partial charge in [0, 0.05) is 0 Å². The zero-order valence-electron chi connectivity index (χ0n) is 11.7. The molecule has 1 saturated carbocycles. The van der Waals surface area contributed by atoms with Gasteiger partial charge in [-0.15, -0.1) is 0 Å². The third kappa shape index (κ3) is 3.98. The fraction of sp³-hybridized carbons (Fsp3) is 0.929. The molecule has 3 atom stereocenters. The van der Waals surface area contributed by atoms with Crippen LogP contribution in [-0.2, 0) is 9.84 Å². The lowest BCUT2D eigenvalue weighted by atomic mass is 9.81. The normalized spacial score (nSPS) is 29.2. The third-order valence-electron chi connectivity index (χ3n) is 4.08. The SMILES string of the molecule is CCC1CCC(C#N)C(S(=O)(=O)CCC(C)C)C1. The molecule has 0 aromatic rings. The molecule has 4 heteroatoms. The maximum atomic E-state index is 12.4. The Labute approximate surface area is 111 Å². The molecular formula is C14H25NO2S. The summed E-state index contributed by atoms with van der Waals surface area (Å²) in [7, 11) is -3.11. The summed E-state index contributed by atoms with van der Waals surface area (Å²) in [5.74, 6) is 0.827. The number of hydrogen-bond acceptors (Lipinski definition) is 3. The van der Waals surface area contributed by atoms with Crippen molar-refractivity contribution >= 4 is 9.84 Å². The number of hydrogen-bond donors (Lipinski definition) is 0. The monoisotopic (exact) mass is 271 g/mol. The van der Waals surface area contributed by atoms with Crippen LogP contribution in [-0.4, -0.2) is 19.4 Å². The van der Waals surface area contributed by atoms with Crippen LogP contribution in [0.4, 0.5) is 0 Å². The van der Waals surface area contributed by atoms with Crippen molar-refractivity contribution in [3.8, 4) is 6.07 Å². The van der Waals surface area contributed by atoms with Crippen molar-refractivity contribution in [2.45, 2.75) is 58.1 Å². The largest absolute Gasteiger partial charge is 0.229 e. The molecule has 0 heterocycles. The molecular weight excluding hydrogens is 246 g/mol. The van der Waals surface area contributed by atoms with Gasteiger partial charge in [0.1, 0.15) is 0 Å². The van der Waals surface area contributed by atoms with Gasteiger partial charge in [-0.2, -0.15) is 5.26 Å². The lowest BCUT2D eigenvalue weighted by Crippen LogP contribution is -2.37. The van der Waals surface area contributed by atoms with E-state index in [0.717, 1.165) is 19.3 Å². The summed E-state index contributed by atoms with van der Waals surface area (Å²) < 4.78 is 24.7. The highest BCUT2D eigenvalue weighted by atomic mass is 32.2. The standard InChI is InChI=1S/C14H25NO2S/c1-4-12-5-6-13(10-15)14(9-12)18(16,17)8-7-11(2)3/h11-14H,4-9H2,1-3H3. The summed E-state index contributed by atoms with van der Waals surface area (Å²) in [6.07, 6.45) is 4.17. The van der Waals surface area contributed by atoms with Crippen LogP contribution >= 0.6 is 0 Å². The van der Waals surface area contributed by atoms with Gasteiger partial charge in [0.05, 0.1) is 23.0 Å². The molecule has 0 amide bonds. The predicted octanol–water partition coefficient (Wildman–Crippen LogP) is 3.17. The second-order valence-electron chi connectivity index (χ2n) is 5.91. The molecule has 0 saturated heterocycles. The smallest absolute Gasteiger partial charge is 0.154 e. The Morgan fingerprint density at radius 1 is 1.33 bits per heavy atom. The first kappa shape index (κ1) is 15.5. The number of rotatable bonds is 5. The van der Waals surface area contributed by atoms with Gasteiger partial charge in [-0.3, -0.25) is 0 Å². The van der Waals surface area contributed by atoms with Crippen LogP contribution in [0.25, 0.3) is 0 Å². The van der Waals surface area contributed by atoms with E-state index < -0.39 is 15.1 Å². The van der Waals surface area contributed by atoms with Crippen LogP contribution < -0.4 is 0 Å². The first-order chi connectivity index (χ1) is 8.40. The molecule has 0 bridgehead atoms. The summed E-state index contributed by atoms with van der Waals surface area (Å²) >= 11 is 0. The van der Waals surface area contributed by atoms with Crippen LogP contribution in [0.5, 0.6) is 0 Å². The molecule has 0 N–H and O–H groups in total. The van der Waals surface area contributed by atoms with E-state index in [2.05, 4.69) is 13.0 Å². The predicted molar refractivity (Wildman–Crippen MR) is 73.8 cm³/mol. The number of nitriles is 1. The van der Waals surface area contributed by atoms with E-state index in [4.69, 9.17) is 5.26 Å². The van der Waals surface area contributed by atoms with Gasteiger partial charge in [-0.25, -0.2) is 8.42 Å². The van der Waals surface area contributed by atoms with Crippen LogP contribution in [0, 0.1) is 29.1 Å². The van der Waals surface area contributed by atoms with Gasteiger partial charge in [0.2, 0.25) is 0 Å². The van der Waals surface area contributed by atoms with Crippen molar-refractivity contribution in [3.05, 3.63) is 0 Å². The van der Waals surface area contributed by atoms with E-state index >= 15 is 0 Å². The highest BCUT2D eigenvalue weighted by Gasteiger charge is 2.38. The van der Waals surface area contributed by atoms with E-state index in [9.17, 15) is 8.42 Å². The summed E-state index contributed by atoms with van der Waals surface area (Å²) in [6, 6.07) is 2.21. The maximum Gasteiger partial charge on any atom is 0.154 e. The second kappa shape index (κ2) is 6.56. The molecule has 1 aliphatic carbocycles. The van der Waals surface area contributed by atoms with Crippen molar-refractivity contribution < 1.29 is 8.42 Å². The van der Waals surface area contributed by atoms with Crippen LogP contribution in [0.15, 0.2) is 0 Å². The van der Waals surface area contributed by atoms with Crippen molar-refractivity contribution in [3.63, 3.8) is 0 Å². The minimum atomic E-state index is -3.11. The molecule has 104 valence electrons. The Hall–Kier alpha value is -0.560. The quantitative estimate of drug-likeness (QED) is 0.771. The average Bonchev–Trinajstić information content (AvgIpc) is 2.35. The molecule has 0 spiro atoms. The van der Waals surface area contributed by atoms with Crippen molar-refractivity contribution in [2.75, 3.05) is 5.75 Å². The molecule has 1 aliphatic rings. The third-order valence-corrected chi connectivity index (χ3v) is 6.33. The molecule has 3 unspecified atom stereocenters. The first-order valence-corrected chi connectivity index (χ1v) is 8.73. The Balaban J connectivity index is 2.78. The Kier molecular flexibility index (Phi) is 5.65. The molecule has 0 aromatic carbocycles. The first-order valence-electron chi connectivity index (χ1n) is 7.01. The second-order valence-corrected chi connectivity index (χ2v) is 8.25. The molecule has 0 aliphatic heterocycles. The highest BCUT2D eigenvalue weighted by molar-refractivity contribution is 7.92. The number of sulfone groups is 1. The van der Waals surface area contributed by atoms with Gasteiger partial charge in [-0.1, -0.05) is 27.2 Å². The van der Waals surface area contributed by atoms with Gasteiger partial charge in [0.25, 0.3) is 0 Å². The zero-order valence-corrected chi connectivity index (χ0v) is 12.5. The van der Waals surface area contributed by atoms with Gasteiger partial charge < -0.3 is 0 Å².